The van der Waals surface area contributed by atoms with Crippen LogP contribution in [0.25, 0.3) is 0 Å². The highest BCUT2D eigenvalue weighted by Gasteiger charge is 2.10. The average molecular weight is 243 g/mol. The Labute approximate surface area is 83.6 Å². The number of halogens is 1. The molecule has 0 saturated heterocycles. The van der Waals surface area contributed by atoms with Crippen molar-refractivity contribution < 1.29 is 4.79 Å². The van der Waals surface area contributed by atoms with Crippen LogP contribution in [0.5, 0.6) is 0 Å². The van der Waals surface area contributed by atoms with Crippen molar-refractivity contribution in [2.75, 3.05) is 5.01 Å². The summed E-state index contributed by atoms with van der Waals surface area (Å²) in [7, 11) is 0. The highest BCUT2D eigenvalue weighted by molar-refractivity contribution is 9.10. The zero-order chi connectivity index (χ0) is 9.84. The molecule has 5 heteroatoms. The molecule has 0 unspecified atom stereocenters. The van der Waals surface area contributed by atoms with Crippen LogP contribution in [0.2, 0.25) is 0 Å². The summed E-state index contributed by atoms with van der Waals surface area (Å²) >= 11 is 3.24. The number of nitroso groups, excluding NO2 is 1. The molecule has 0 heterocycles. The van der Waals surface area contributed by atoms with E-state index < -0.39 is 5.91 Å². The normalized spacial score (nSPS) is 9.38. The van der Waals surface area contributed by atoms with Crippen LogP contribution in [0.4, 0.5) is 5.69 Å². The Morgan fingerprint density at radius 1 is 1.38 bits per heavy atom. The number of carbonyl (C=O) groups excluding carboxylic acids is 1. The number of nitrogens with zero attached hydrogens (tertiary/aromatic N) is 2. The van der Waals surface area contributed by atoms with Gasteiger partial charge in [0.1, 0.15) is 0 Å². The number of anilines is 1. The molecule has 1 aromatic carbocycles. The molecule has 1 rings (SSSR count). The van der Waals surface area contributed by atoms with Crippen LogP contribution in [0, 0.1) is 4.91 Å². The van der Waals surface area contributed by atoms with E-state index in [-0.39, 0.29) is 0 Å². The van der Waals surface area contributed by atoms with E-state index in [2.05, 4.69) is 21.2 Å². The molecule has 0 aromatic heterocycles. The van der Waals surface area contributed by atoms with Crippen LogP contribution in [-0.2, 0) is 4.79 Å². The van der Waals surface area contributed by atoms with Crippen LogP contribution in [0.15, 0.2) is 34.0 Å². The molecule has 0 bridgehead atoms. The maximum Gasteiger partial charge on any atom is 0.246 e. The fourth-order valence-corrected chi connectivity index (χ4v) is 1.13. The molecule has 0 atom stereocenters. The van der Waals surface area contributed by atoms with Crippen molar-refractivity contribution in [3.63, 3.8) is 0 Å². The van der Waals surface area contributed by atoms with E-state index >= 15 is 0 Å². The monoisotopic (exact) mass is 242 g/mol. The highest BCUT2D eigenvalue weighted by atomic mass is 79.9. The van der Waals surface area contributed by atoms with Gasteiger partial charge in [0.15, 0.2) is 0 Å². The zero-order valence-electron chi connectivity index (χ0n) is 6.90. The predicted octanol–water partition coefficient (Wildman–Crippen LogP) is 2.48. The summed E-state index contributed by atoms with van der Waals surface area (Å²) in [5.41, 5.74) is 0.464. The summed E-state index contributed by atoms with van der Waals surface area (Å²) < 4.78 is 0.880. The highest BCUT2D eigenvalue weighted by Crippen LogP contribution is 2.18. The molecular weight excluding hydrogens is 236 g/mol. The lowest BCUT2D eigenvalue weighted by molar-refractivity contribution is -0.116. The third kappa shape index (κ3) is 2.35. The summed E-state index contributed by atoms with van der Waals surface area (Å²) in [5.74, 6) is -0.405. The van der Waals surface area contributed by atoms with Gasteiger partial charge in [-0.05, 0) is 24.3 Å². The van der Waals surface area contributed by atoms with Gasteiger partial charge in [0, 0.05) is 11.4 Å². The van der Waals surface area contributed by atoms with Gasteiger partial charge in [-0.15, -0.1) is 4.91 Å². The summed E-state index contributed by atoms with van der Waals surface area (Å²) in [5, 5.41) is 3.40. The van der Waals surface area contributed by atoms with Gasteiger partial charge in [-0.3, -0.25) is 4.79 Å². The van der Waals surface area contributed by atoms with E-state index in [9.17, 15) is 9.70 Å². The van der Waals surface area contributed by atoms with Crippen molar-refractivity contribution in [3.05, 3.63) is 33.6 Å². The Morgan fingerprint density at radius 2 is 1.92 bits per heavy atom. The minimum Gasteiger partial charge on any atom is -0.273 e. The first-order valence-corrected chi connectivity index (χ1v) is 4.34. The van der Waals surface area contributed by atoms with Gasteiger partial charge in [0.2, 0.25) is 5.91 Å². The third-order valence-corrected chi connectivity index (χ3v) is 1.98. The van der Waals surface area contributed by atoms with Crippen molar-refractivity contribution in [3.8, 4) is 0 Å². The lowest BCUT2D eigenvalue weighted by Gasteiger charge is -2.09. The van der Waals surface area contributed by atoms with Gasteiger partial charge in [-0.1, -0.05) is 15.9 Å². The summed E-state index contributed by atoms with van der Waals surface area (Å²) in [4.78, 5) is 21.2. The van der Waals surface area contributed by atoms with E-state index in [0.717, 1.165) is 9.48 Å². The second kappa shape index (κ2) is 4.13. The van der Waals surface area contributed by atoms with E-state index in [1.165, 1.54) is 6.92 Å². The van der Waals surface area contributed by atoms with E-state index in [4.69, 9.17) is 0 Å². The van der Waals surface area contributed by atoms with Gasteiger partial charge in [0.05, 0.1) is 11.0 Å². The standard InChI is InChI=1S/C8H7BrN2O2/c1-6(12)11(10-13)8-4-2-7(9)3-5-8/h2-5H,1H3. The molecule has 0 fully saturated rings. The quantitative estimate of drug-likeness (QED) is 0.591. The molecule has 0 saturated carbocycles. The van der Waals surface area contributed by atoms with Crippen molar-refractivity contribution >= 4 is 27.5 Å². The van der Waals surface area contributed by atoms with Gasteiger partial charge in [-0.2, -0.15) is 5.01 Å². The Kier molecular flexibility index (Phi) is 3.13. The number of hydrogen-bond donors (Lipinski definition) is 0. The van der Waals surface area contributed by atoms with E-state index in [1.807, 2.05) is 0 Å². The Morgan fingerprint density at radius 3 is 2.31 bits per heavy atom. The van der Waals surface area contributed by atoms with Crippen molar-refractivity contribution in [1.82, 2.24) is 0 Å². The molecule has 0 radical (unpaired) electrons. The number of amides is 1. The molecule has 0 aliphatic heterocycles. The molecular formula is C8H7BrN2O2. The zero-order valence-corrected chi connectivity index (χ0v) is 8.48. The van der Waals surface area contributed by atoms with Crippen LogP contribution in [0.3, 0.4) is 0 Å². The molecule has 0 N–H and O–H groups in total. The fraction of sp³-hybridized carbons (Fsp3) is 0.125. The minimum atomic E-state index is -0.405. The van der Waals surface area contributed by atoms with Crippen LogP contribution < -0.4 is 5.01 Å². The molecule has 1 aromatic rings. The summed E-state index contributed by atoms with van der Waals surface area (Å²) in [6.07, 6.45) is 0. The molecule has 4 nitrogen and oxygen atoms in total. The Balaban J connectivity index is 2.99. The lowest BCUT2D eigenvalue weighted by atomic mass is 10.3. The number of rotatable bonds is 2. The van der Waals surface area contributed by atoms with Crippen LogP contribution >= 0.6 is 15.9 Å². The van der Waals surface area contributed by atoms with Crippen LogP contribution in [0.1, 0.15) is 6.92 Å². The minimum absolute atomic E-state index is 0.405. The van der Waals surface area contributed by atoms with Crippen molar-refractivity contribution in [1.29, 1.82) is 0 Å². The molecule has 68 valence electrons. The average Bonchev–Trinajstić information content (AvgIpc) is 2.09. The topological polar surface area (TPSA) is 49.7 Å². The molecule has 0 aliphatic carbocycles. The Bertz CT molecular complexity index is 323. The first-order valence-electron chi connectivity index (χ1n) is 3.54. The number of benzene rings is 1. The summed E-state index contributed by atoms with van der Waals surface area (Å²) in [6.45, 7) is 1.28. The number of hydrogen-bond acceptors (Lipinski definition) is 3. The second-order valence-corrected chi connectivity index (χ2v) is 3.30. The lowest BCUT2D eigenvalue weighted by Crippen LogP contribution is -2.20. The van der Waals surface area contributed by atoms with Gasteiger partial charge >= 0.3 is 0 Å². The van der Waals surface area contributed by atoms with E-state index in [0.29, 0.717) is 5.69 Å². The van der Waals surface area contributed by atoms with E-state index in [1.54, 1.807) is 24.3 Å². The SMILES string of the molecule is CC(=O)N(N=O)c1ccc(Br)cc1. The third-order valence-electron chi connectivity index (χ3n) is 1.45. The maximum atomic E-state index is 10.9. The molecule has 0 spiro atoms. The summed E-state index contributed by atoms with van der Waals surface area (Å²) in [6, 6.07) is 6.73. The van der Waals surface area contributed by atoms with Crippen LogP contribution in [-0.4, -0.2) is 5.91 Å². The largest absolute Gasteiger partial charge is 0.273 e. The molecule has 0 aliphatic rings. The first kappa shape index (κ1) is 9.85. The maximum absolute atomic E-state index is 10.9. The first-order chi connectivity index (χ1) is 6.15. The van der Waals surface area contributed by atoms with Gasteiger partial charge in [0.25, 0.3) is 0 Å². The van der Waals surface area contributed by atoms with Crippen molar-refractivity contribution in [2.45, 2.75) is 6.92 Å². The fourth-order valence-electron chi connectivity index (χ4n) is 0.869. The van der Waals surface area contributed by atoms with Crippen molar-refractivity contribution in [2.24, 2.45) is 5.29 Å². The smallest absolute Gasteiger partial charge is 0.246 e. The number of carbonyl (C=O) groups is 1. The molecule has 13 heavy (non-hydrogen) atoms. The predicted molar refractivity (Wildman–Crippen MR) is 53.1 cm³/mol. The second-order valence-electron chi connectivity index (χ2n) is 2.39. The van der Waals surface area contributed by atoms with Gasteiger partial charge in [-0.25, -0.2) is 0 Å². The molecule has 1 amide bonds. The van der Waals surface area contributed by atoms with Gasteiger partial charge < -0.3 is 0 Å². The Hall–Kier alpha value is -1.23.